The second-order valence-electron chi connectivity index (χ2n) is 19.6. The zero-order chi connectivity index (χ0) is 41.6. The molecule has 1 aromatic rings. The first-order valence-corrected chi connectivity index (χ1v) is 23.0. The van der Waals surface area contributed by atoms with Gasteiger partial charge in [-0.15, -0.1) is 0 Å². The molecule has 3 saturated carbocycles. The van der Waals surface area contributed by atoms with Gasteiger partial charge in [0.15, 0.2) is 11.8 Å². The molecule has 1 aromatic carbocycles. The Balaban J connectivity index is 1.10. The molecule has 8 rings (SSSR count). The number of esters is 1. The number of nitrogens with one attached hydrogen (secondary N) is 2. The predicted octanol–water partition coefficient (Wildman–Crippen LogP) is 6.52. The quantitative estimate of drug-likeness (QED) is 0.0902. The lowest BCUT2D eigenvalue weighted by atomic mass is 9.52. The number of allylic oxidation sites excluding steroid dienone is 1. The Morgan fingerprint density at radius 2 is 1.68 bits per heavy atom. The Morgan fingerprint density at radius 3 is 2.41 bits per heavy atom. The van der Waals surface area contributed by atoms with Gasteiger partial charge in [-0.3, -0.25) is 19.2 Å². The number of aliphatic hydroxyl groups excluding tert-OH is 1. The number of hydroxylamine groups is 2. The molecular formula is C47H69N3O9. The van der Waals surface area contributed by atoms with E-state index in [0.29, 0.717) is 36.2 Å². The average Bonchev–Trinajstić information content (AvgIpc) is 3.49. The molecule has 10 atom stereocenters. The summed E-state index contributed by atoms with van der Waals surface area (Å²) in [5.74, 6) is -0.858. The molecule has 1 unspecified atom stereocenters. The van der Waals surface area contributed by atoms with E-state index in [4.69, 9.17) is 28.9 Å². The highest BCUT2D eigenvalue weighted by molar-refractivity contribution is 5.94. The molecule has 4 saturated heterocycles. The minimum atomic E-state index is -1.33. The van der Waals surface area contributed by atoms with Gasteiger partial charge in [-0.05, 0) is 80.2 Å². The maximum atomic E-state index is 14.8. The topological polar surface area (TPSA) is 148 Å². The van der Waals surface area contributed by atoms with Gasteiger partial charge in [0, 0.05) is 38.8 Å². The van der Waals surface area contributed by atoms with Crippen molar-refractivity contribution in [1.82, 2.24) is 15.7 Å². The molecule has 0 radical (unpaired) electrons. The van der Waals surface area contributed by atoms with E-state index in [-0.39, 0.29) is 56.5 Å². The van der Waals surface area contributed by atoms with Crippen molar-refractivity contribution in [3.05, 3.63) is 41.0 Å². The number of hydrogen-bond acceptors (Lipinski definition) is 10. The molecule has 0 spiro atoms. The lowest BCUT2D eigenvalue weighted by Crippen LogP contribution is -2.69. The molecule has 12 heteroatoms. The highest BCUT2D eigenvalue weighted by Crippen LogP contribution is 2.61. The van der Waals surface area contributed by atoms with Crippen molar-refractivity contribution in [2.24, 2.45) is 22.7 Å². The summed E-state index contributed by atoms with van der Waals surface area (Å²) >= 11 is 0. The van der Waals surface area contributed by atoms with Crippen LogP contribution in [-0.2, 0) is 44.7 Å². The van der Waals surface area contributed by atoms with Gasteiger partial charge in [0.2, 0.25) is 11.8 Å². The fourth-order valence-corrected chi connectivity index (χ4v) is 11.8. The van der Waals surface area contributed by atoms with Crippen molar-refractivity contribution in [2.45, 2.75) is 185 Å². The highest BCUT2D eigenvalue weighted by atomic mass is 16.8. The van der Waals surface area contributed by atoms with Gasteiger partial charge in [0.05, 0.1) is 24.9 Å². The summed E-state index contributed by atoms with van der Waals surface area (Å²) < 4.78 is 26.5. The molecule has 3 aliphatic carbocycles. The monoisotopic (exact) mass is 820 g/mol. The van der Waals surface area contributed by atoms with Gasteiger partial charge >= 0.3 is 5.97 Å². The van der Waals surface area contributed by atoms with E-state index in [1.165, 1.54) is 18.4 Å². The van der Waals surface area contributed by atoms with Crippen LogP contribution in [0.5, 0.6) is 0 Å². The van der Waals surface area contributed by atoms with Crippen LogP contribution >= 0.6 is 0 Å². The molecule has 7 fully saturated rings. The van der Waals surface area contributed by atoms with Crippen molar-refractivity contribution in [2.75, 3.05) is 19.7 Å². The SMILES string of the molecule is CCCCCC1(CCCCC)O[C@@H]2[C@H](O1)[C@H]1ON(Cc3ccccc3C=C3CCC4O[C@]4(C)CC[C@@H]4[C@@H]3CC4(C)C)[C@H]3C(=O)O[C@@H]2C[C@@]13C(=O)NCCC(=O)NCCO. The molecule has 2 bridgehead atoms. The smallest absolute Gasteiger partial charge is 0.327 e. The van der Waals surface area contributed by atoms with Crippen LogP contribution in [0.1, 0.15) is 142 Å². The zero-order valence-electron chi connectivity index (χ0n) is 36.1. The van der Waals surface area contributed by atoms with Crippen LogP contribution in [0, 0.1) is 22.7 Å². The Bertz CT molecular complexity index is 1740. The Hall–Kier alpha value is -2.87. The summed E-state index contributed by atoms with van der Waals surface area (Å²) in [6, 6.07) is 7.30. The molecular weight excluding hydrogens is 751 g/mol. The second kappa shape index (κ2) is 17.1. The molecule has 4 heterocycles. The number of ether oxygens (including phenoxy) is 4. The molecule has 4 aliphatic heterocycles. The van der Waals surface area contributed by atoms with E-state index in [0.717, 1.165) is 68.9 Å². The van der Waals surface area contributed by atoms with Gasteiger partial charge in [0.1, 0.15) is 29.8 Å². The maximum Gasteiger partial charge on any atom is 0.327 e. The van der Waals surface area contributed by atoms with Crippen molar-refractivity contribution >= 4 is 23.9 Å². The number of carbonyl (C=O) groups is 3. The van der Waals surface area contributed by atoms with Gasteiger partial charge in [-0.2, -0.15) is 5.06 Å². The van der Waals surface area contributed by atoms with E-state index in [9.17, 15) is 14.4 Å². The minimum Gasteiger partial charge on any atom is -0.458 e. The molecule has 59 heavy (non-hydrogen) atoms. The lowest BCUT2D eigenvalue weighted by Gasteiger charge is -2.53. The summed E-state index contributed by atoms with van der Waals surface area (Å²) in [7, 11) is 0. The van der Waals surface area contributed by atoms with Crippen LogP contribution in [0.4, 0.5) is 0 Å². The standard InChI is InChI=1S/C47H69N3O9/c1-6-8-12-20-46(21-13-9-7-2)57-38-35-28-47(43(54)49-23-19-37(52)48-24-25-51)40(42(53)55-35)50(59-41(47)39(38)58-46)29-32-15-11-10-14-30(32)26-31-16-17-36-45(5,56-36)22-18-34-33(31)27-44(34,3)4/h10-11,14-15,26,33-36,38-41,51H,6-9,12-13,16-25,27-29H2,1-5H3,(H,48,52)(H,49,54)/t33-,34-,35-,36?,38+,39+,40+,41-,45-,47+/m1/s1. The minimum absolute atomic E-state index is 0.00734. The number of amides is 2. The number of fused-ring (bicyclic) bond motifs is 6. The molecule has 3 N–H and O–H groups in total. The van der Waals surface area contributed by atoms with Gasteiger partial charge in [-0.25, -0.2) is 0 Å². The number of carbonyl (C=O) groups excluding carboxylic acids is 3. The van der Waals surface area contributed by atoms with Crippen LogP contribution in [0.25, 0.3) is 6.08 Å². The predicted molar refractivity (Wildman–Crippen MR) is 221 cm³/mol. The summed E-state index contributed by atoms with van der Waals surface area (Å²) in [6.07, 6.45) is 13.2. The van der Waals surface area contributed by atoms with Crippen LogP contribution in [0.2, 0.25) is 0 Å². The summed E-state index contributed by atoms with van der Waals surface area (Å²) in [5, 5.41) is 16.5. The summed E-state index contributed by atoms with van der Waals surface area (Å²) in [5.41, 5.74) is 2.52. The van der Waals surface area contributed by atoms with Crippen LogP contribution in [0.15, 0.2) is 29.8 Å². The average molecular weight is 820 g/mol. The third kappa shape index (κ3) is 8.16. The van der Waals surface area contributed by atoms with E-state index in [1.807, 2.05) is 6.07 Å². The third-order valence-electron chi connectivity index (χ3n) is 15.2. The van der Waals surface area contributed by atoms with Gasteiger partial charge < -0.3 is 34.7 Å². The summed E-state index contributed by atoms with van der Waals surface area (Å²) in [4.78, 5) is 48.6. The van der Waals surface area contributed by atoms with Gasteiger partial charge in [0.25, 0.3) is 0 Å². The first-order valence-electron chi connectivity index (χ1n) is 23.0. The van der Waals surface area contributed by atoms with Crippen molar-refractivity contribution < 1.29 is 43.3 Å². The number of unbranched alkanes of at least 4 members (excludes halogenated alkanes) is 4. The van der Waals surface area contributed by atoms with E-state index < -0.39 is 47.6 Å². The van der Waals surface area contributed by atoms with Gasteiger partial charge in [-0.1, -0.05) is 89.3 Å². The fraction of sp³-hybridized carbons (Fsp3) is 0.766. The van der Waals surface area contributed by atoms with Crippen LogP contribution in [-0.4, -0.2) is 95.6 Å². The number of epoxide rings is 1. The maximum absolute atomic E-state index is 14.8. The van der Waals surface area contributed by atoms with Crippen LogP contribution < -0.4 is 10.6 Å². The second-order valence-corrected chi connectivity index (χ2v) is 19.6. The molecule has 7 aliphatic rings. The normalized spacial score (nSPS) is 36.8. The fourth-order valence-electron chi connectivity index (χ4n) is 11.8. The number of rotatable bonds is 17. The summed E-state index contributed by atoms with van der Waals surface area (Å²) in [6.45, 7) is 11.8. The first-order chi connectivity index (χ1) is 28.4. The Morgan fingerprint density at radius 1 is 0.932 bits per heavy atom. The van der Waals surface area contributed by atoms with Crippen molar-refractivity contribution in [1.29, 1.82) is 0 Å². The zero-order valence-corrected chi connectivity index (χ0v) is 36.1. The van der Waals surface area contributed by atoms with Crippen molar-refractivity contribution in [3.8, 4) is 0 Å². The first kappa shape index (κ1) is 42.8. The number of aliphatic hydroxyl groups is 1. The molecule has 0 aromatic heterocycles. The highest BCUT2D eigenvalue weighted by Gasteiger charge is 2.76. The van der Waals surface area contributed by atoms with Crippen LogP contribution in [0.3, 0.4) is 0 Å². The largest absolute Gasteiger partial charge is 0.458 e. The van der Waals surface area contributed by atoms with Crippen molar-refractivity contribution in [3.63, 3.8) is 0 Å². The molecule has 326 valence electrons. The lowest BCUT2D eigenvalue weighted by molar-refractivity contribution is -0.224. The number of nitrogens with zero attached hydrogens (tertiary/aromatic N) is 1. The van der Waals surface area contributed by atoms with E-state index in [1.54, 1.807) is 5.06 Å². The molecule has 12 nitrogen and oxygen atoms in total. The number of hydrogen-bond donors (Lipinski definition) is 3. The van der Waals surface area contributed by atoms with E-state index in [2.05, 4.69) is 69.5 Å². The Labute approximate surface area is 350 Å². The van der Waals surface area contributed by atoms with E-state index >= 15 is 0 Å². The Kier molecular flexibility index (Phi) is 12.4. The third-order valence-corrected chi connectivity index (χ3v) is 15.2. The molecule has 2 amide bonds. The number of benzene rings is 1.